The number of rotatable bonds is 9. The average Bonchev–Trinajstić information content (AvgIpc) is 2.68. The second kappa shape index (κ2) is 9.65. The van der Waals surface area contributed by atoms with Gasteiger partial charge in [-0.3, -0.25) is 9.78 Å². The molecule has 140 valence electrons. The van der Waals surface area contributed by atoms with Gasteiger partial charge >= 0.3 is 0 Å². The van der Waals surface area contributed by atoms with Crippen molar-refractivity contribution in [2.24, 2.45) is 0 Å². The number of anilines is 2. The van der Waals surface area contributed by atoms with Gasteiger partial charge in [0.05, 0.1) is 19.9 Å². The summed E-state index contributed by atoms with van der Waals surface area (Å²) in [5.41, 5.74) is 1.96. The number of benzene rings is 1. The van der Waals surface area contributed by atoms with Crippen LogP contribution in [0.4, 0.5) is 11.4 Å². The van der Waals surface area contributed by atoms with E-state index in [1.54, 1.807) is 38.6 Å². The molecule has 0 aliphatic carbocycles. The minimum Gasteiger partial charge on any atom is -0.497 e. The van der Waals surface area contributed by atoms with Crippen LogP contribution in [0.3, 0.4) is 0 Å². The van der Waals surface area contributed by atoms with Gasteiger partial charge in [-0.05, 0) is 37.1 Å². The molecule has 0 unspecified atom stereocenters. The van der Waals surface area contributed by atoms with Crippen LogP contribution in [0, 0.1) is 0 Å². The zero-order valence-electron chi connectivity index (χ0n) is 15.9. The highest BCUT2D eigenvalue weighted by atomic mass is 16.5. The summed E-state index contributed by atoms with van der Waals surface area (Å²) in [5.74, 6) is 0.922. The number of hydrogen-bond donors (Lipinski definition) is 1. The Bertz CT molecular complexity index is 728. The van der Waals surface area contributed by atoms with Gasteiger partial charge in [0.2, 0.25) is 0 Å². The van der Waals surface area contributed by atoms with Crippen LogP contribution in [0.25, 0.3) is 0 Å². The van der Waals surface area contributed by atoms with E-state index in [4.69, 9.17) is 9.47 Å². The van der Waals surface area contributed by atoms with Crippen molar-refractivity contribution in [3.05, 3.63) is 42.2 Å². The topological polar surface area (TPSA) is 63.7 Å². The summed E-state index contributed by atoms with van der Waals surface area (Å²) < 4.78 is 10.5. The van der Waals surface area contributed by atoms with Crippen molar-refractivity contribution in [3.8, 4) is 11.5 Å². The first kappa shape index (κ1) is 19.6. The summed E-state index contributed by atoms with van der Waals surface area (Å²) >= 11 is 0. The first-order chi connectivity index (χ1) is 12.6. The van der Waals surface area contributed by atoms with Gasteiger partial charge in [0.25, 0.3) is 5.91 Å². The summed E-state index contributed by atoms with van der Waals surface area (Å²) in [7, 11) is 3.14. The fraction of sp³-hybridized carbons (Fsp3) is 0.400. The summed E-state index contributed by atoms with van der Waals surface area (Å²) in [6.07, 6.45) is 3.77. The standard InChI is InChI=1S/C20H27N3O3/c1-5-11-23(12-6-2)15-9-10-21-18(13-15)20(24)22-17-8-7-16(25-3)14-19(17)26-4/h7-10,13-14H,5-6,11-12H2,1-4H3,(H,22,24). The van der Waals surface area contributed by atoms with Crippen LogP contribution in [0.1, 0.15) is 37.2 Å². The average molecular weight is 357 g/mol. The smallest absolute Gasteiger partial charge is 0.274 e. The molecule has 1 heterocycles. The summed E-state index contributed by atoms with van der Waals surface area (Å²) in [4.78, 5) is 19.1. The van der Waals surface area contributed by atoms with Crippen LogP contribution in [-0.4, -0.2) is 38.2 Å². The van der Waals surface area contributed by atoms with Crippen molar-refractivity contribution in [3.63, 3.8) is 0 Å². The van der Waals surface area contributed by atoms with Gasteiger partial charge in [-0.1, -0.05) is 13.8 Å². The van der Waals surface area contributed by atoms with Crippen molar-refractivity contribution in [2.45, 2.75) is 26.7 Å². The van der Waals surface area contributed by atoms with E-state index in [2.05, 4.69) is 29.0 Å². The van der Waals surface area contributed by atoms with E-state index < -0.39 is 0 Å². The van der Waals surface area contributed by atoms with E-state index in [0.717, 1.165) is 31.6 Å². The molecule has 0 spiro atoms. The Morgan fingerprint density at radius 2 is 1.81 bits per heavy atom. The number of pyridine rings is 1. The molecule has 0 saturated heterocycles. The molecule has 1 aromatic heterocycles. The van der Waals surface area contributed by atoms with E-state index in [-0.39, 0.29) is 5.91 Å². The zero-order chi connectivity index (χ0) is 18.9. The number of amides is 1. The van der Waals surface area contributed by atoms with Gasteiger partial charge in [0.15, 0.2) is 0 Å². The molecule has 0 fully saturated rings. The van der Waals surface area contributed by atoms with E-state index in [0.29, 0.717) is 22.9 Å². The van der Waals surface area contributed by atoms with Gasteiger partial charge in [-0.2, -0.15) is 0 Å². The molecule has 0 bridgehead atoms. The minimum atomic E-state index is -0.275. The highest BCUT2D eigenvalue weighted by Crippen LogP contribution is 2.29. The second-order valence-electron chi connectivity index (χ2n) is 5.91. The highest BCUT2D eigenvalue weighted by Gasteiger charge is 2.14. The molecular weight excluding hydrogens is 330 g/mol. The van der Waals surface area contributed by atoms with Crippen molar-refractivity contribution >= 4 is 17.3 Å². The fourth-order valence-electron chi connectivity index (χ4n) is 2.74. The van der Waals surface area contributed by atoms with Gasteiger partial charge < -0.3 is 19.7 Å². The van der Waals surface area contributed by atoms with E-state index in [1.165, 1.54) is 0 Å². The Morgan fingerprint density at radius 3 is 2.42 bits per heavy atom. The molecule has 1 N–H and O–H groups in total. The van der Waals surface area contributed by atoms with E-state index >= 15 is 0 Å². The molecule has 6 heteroatoms. The lowest BCUT2D eigenvalue weighted by Gasteiger charge is -2.24. The summed E-state index contributed by atoms with van der Waals surface area (Å²) in [6.45, 7) is 6.19. The molecule has 2 aromatic rings. The first-order valence-electron chi connectivity index (χ1n) is 8.87. The largest absolute Gasteiger partial charge is 0.497 e. The van der Waals surface area contributed by atoms with Crippen molar-refractivity contribution < 1.29 is 14.3 Å². The third-order valence-corrected chi connectivity index (χ3v) is 3.99. The van der Waals surface area contributed by atoms with Crippen LogP contribution < -0.4 is 19.7 Å². The predicted molar refractivity (Wildman–Crippen MR) is 105 cm³/mol. The normalized spacial score (nSPS) is 10.3. The summed E-state index contributed by atoms with van der Waals surface area (Å²) in [5, 5.41) is 2.86. The molecule has 1 aromatic carbocycles. The quantitative estimate of drug-likeness (QED) is 0.735. The molecule has 2 rings (SSSR count). The number of methoxy groups -OCH3 is 2. The highest BCUT2D eigenvalue weighted by molar-refractivity contribution is 6.04. The van der Waals surface area contributed by atoms with Gasteiger partial charge in [-0.25, -0.2) is 0 Å². The monoisotopic (exact) mass is 357 g/mol. The molecular formula is C20H27N3O3. The van der Waals surface area contributed by atoms with Crippen molar-refractivity contribution in [1.82, 2.24) is 4.98 Å². The number of carbonyl (C=O) groups is 1. The molecule has 0 atom stereocenters. The first-order valence-corrected chi connectivity index (χ1v) is 8.87. The van der Waals surface area contributed by atoms with Crippen LogP contribution in [0.5, 0.6) is 11.5 Å². The molecule has 0 radical (unpaired) electrons. The lowest BCUT2D eigenvalue weighted by atomic mass is 10.2. The minimum absolute atomic E-state index is 0.275. The van der Waals surface area contributed by atoms with E-state index in [9.17, 15) is 4.79 Å². The van der Waals surface area contributed by atoms with Crippen LogP contribution in [-0.2, 0) is 0 Å². The van der Waals surface area contributed by atoms with Crippen LogP contribution >= 0.6 is 0 Å². The maximum Gasteiger partial charge on any atom is 0.274 e. The fourth-order valence-corrected chi connectivity index (χ4v) is 2.74. The number of aromatic nitrogens is 1. The second-order valence-corrected chi connectivity index (χ2v) is 5.91. The molecule has 0 saturated carbocycles. The van der Waals surface area contributed by atoms with E-state index in [1.807, 2.05) is 12.1 Å². The molecule has 26 heavy (non-hydrogen) atoms. The third-order valence-electron chi connectivity index (χ3n) is 3.99. The molecule has 1 amide bonds. The molecule has 6 nitrogen and oxygen atoms in total. The number of carbonyl (C=O) groups excluding carboxylic acids is 1. The van der Waals surface area contributed by atoms with Crippen molar-refractivity contribution in [2.75, 3.05) is 37.5 Å². The lowest BCUT2D eigenvalue weighted by molar-refractivity contribution is 0.102. The Morgan fingerprint density at radius 1 is 1.08 bits per heavy atom. The summed E-state index contributed by atoms with van der Waals surface area (Å²) in [6, 6.07) is 9.02. The SMILES string of the molecule is CCCN(CCC)c1ccnc(C(=O)Nc2ccc(OC)cc2OC)c1. The maximum absolute atomic E-state index is 12.6. The van der Waals surface area contributed by atoms with Gasteiger partial charge in [-0.15, -0.1) is 0 Å². The van der Waals surface area contributed by atoms with Gasteiger partial charge in [0, 0.05) is 31.0 Å². The Balaban J connectivity index is 2.21. The molecule has 0 aliphatic rings. The Labute approximate surface area is 155 Å². The van der Waals surface area contributed by atoms with Crippen molar-refractivity contribution in [1.29, 1.82) is 0 Å². The van der Waals surface area contributed by atoms with Crippen LogP contribution in [0.2, 0.25) is 0 Å². The maximum atomic E-state index is 12.6. The Kier molecular flexibility index (Phi) is 7.26. The number of hydrogen-bond acceptors (Lipinski definition) is 5. The lowest BCUT2D eigenvalue weighted by Crippen LogP contribution is -2.25. The Hall–Kier alpha value is -2.76. The van der Waals surface area contributed by atoms with Gasteiger partial charge in [0.1, 0.15) is 17.2 Å². The number of nitrogens with zero attached hydrogens (tertiary/aromatic N) is 2. The predicted octanol–water partition coefficient (Wildman–Crippen LogP) is 3.98. The number of nitrogens with one attached hydrogen (secondary N) is 1. The van der Waals surface area contributed by atoms with Crippen LogP contribution in [0.15, 0.2) is 36.5 Å². The number of ether oxygens (including phenoxy) is 2. The molecule has 0 aliphatic heterocycles. The zero-order valence-corrected chi connectivity index (χ0v) is 15.9. The third kappa shape index (κ3) is 4.88.